The molecule has 1 saturated heterocycles. The Balaban J connectivity index is 1.49. The molecule has 154 valence electrons. The smallest absolute Gasteiger partial charge is 0.189 e. The number of hydrogen-bond donors (Lipinski definition) is 2. The number of para-hydroxylation sites is 1. The molecule has 0 amide bonds. The van der Waals surface area contributed by atoms with Gasteiger partial charge in [-0.05, 0) is 17.7 Å². The lowest BCUT2D eigenvalue weighted by Gasteiger charge is -2.34. The van der Waals surface area contributed by atoms with Crippen LogP contribution in [-0.2, 0) is 4.74 Å². The molecule has 0 radical (unpaired) electrons. The standard InChI is InChI=1S/C22H27ClN4O2/c23-18-7-3-1-5-16(18)20(27-10-13-28-14-11-27)15-25-22(24)26-19-9-12-29-21-8-4-2-6-17(19)21/h1-8,19-20H,9-15H2,(H3,24,25,26). The van der Waals surface area contributed by atoms with Crippen LogP contribution in [0, 0.1) is 0 Å². The highest BCUT2D eigenvalue weighted by atomic mass is 35.5. The molecule has 2 aliphatic heterocycles. The monoisotopic (exact) mass is 414 g/mol. The molecule has 2 aromatic carbocycles. The summed E-state index contributed by atoms with van der Waals surface area (Å²) in [7, 11) is 0. The predicted octanol–water partition coefficient (Wildman–Crippen LogP) is 3.14. The minimum Gasteiger partial charge on any atom is -0.493 e. The molecule has 2 aromatic rings. The summed E-state index contributed by atoms with van der Waals surface area (Å²) >= 11 is 6.50. The van der Waals surface area contributed by atoms with Crippen LogP contribution in [0.15, 0.2) is 53.5 Å². The molecule has 0 bridgehead atoms. The van der Waals surface area contributed by atoms with E-state index in [1.165, 1.54) is 0 Å². The number of hydrogen-bond acceptors (Lipinski definition) is 4. The van der Waals surface area contributed by atoms with Gasteiger partial charge in [-0.25, -0.2) is 0 Å². The first-order valence-electron chi connectivity index (χ1n) is 10.1. The number of nitrogens with one attached hydrogen (secondary N) is 1. The average molecular weight is 415 g/mol. The van der Waals surface area contributed by atoms with Gasteiger partial charge < -0.3 is 20.5 Å². The molecular formula is C22H27ClN4O2. The van der Waals surface area contributed by atoms with Gasteiger partial charge in [0.2, 0.25) is 0 Å². The van der Waals surface area contributed by atoms with Crippen molar-refractivity contribution >= 4 is 17.6 Å². The fraction of sp³-hybridized carbons (Fsp3) is 0.409. The van der Waals surface area contributed by atoms with E-state index in [1.807, 2.05) is 36.4 Å². The van der Waals surface area contributed by atoms with Crippen molar-refractivity contribution in [2.75, 3.05) is 39.5 Å². The summed E-state index contributed by atoms with van der Waals surface area (Å²) in [4.78, 5) is 7.05. The number of guanidine groups is 1. The van der Waals surface area contributed by atoms with Crippen LogP contribution in [0.2, 0.25) is 5.02 Å². The maximum absolute atomic E-state index is 6.50. The first kappa shape index (κ1) is 20.0. The summed E-state index contributed by atoms with van der Waals surface area (Å²) in [6, 6.07) is 16.2. The number of nitrogens with two attached hydrogens (primary N) is 1. The van der Waals surface area contributed by atoms with Gasteiger partial charge in [0.05, 0.1) is 38.4 Å². The van der Waals surface area contributed by atoms with E-state index >= 15 is 0 Å². The lowest BCUT2D eigenvalue weighted by molar-refractivity contribution is 0.0180. The minimum atomic E-state index is 0.0647. The molecule has 0 saturated carbocycles. The van der Waals surface area contributed by atoms with Gasteiger partial charge >= 0.3 is 0 Å². The molecule has 2 unspecified atom stereocenters. The summed E-state index contributed by atoms with van der Waals surface area (Å²) in [6.45, 7) is 4.35. The normalized spacial score (nSPS) is 21.1. The lowest BCUT2D eigenvalue weighted by Crippen LogP contribution is -2.41. The summed E-state index contributed by atoms with van der Waals surface area (Å²) in [5, 5.41) is 4.12. The Hall–Kier alpha value is -2.28. The van der Waals surface area contributed by atoms with Crippen molar-refractivity contribution in [3.05, 3.63) is 64.7 Å². The second kappa shape index (κ2) is 9.48. The Kier molecular flexibility index (Phi) is 6.54. The largest absolute Gasteiger partial charge is 0.493 e. The van der Waals surface area contributed by atoms with Crippen molar-refractivity contribution in [2.45, 2.75) is 18.5 Å². The van der Waals surface area contributed by atoms with Crippen LogP contribution in [0.1, 0.15) is 29.6 Å². The van der Waals surface area contributed by atoms with Gasteiger partial charge in [0.1, 0.15) is 5.75 Å². The van der Waals surface area contributed by atoms with Crippen LogP contribution in [-0.4, -0.2) is 50.3 Å². The third-order valence-electron chi connectivity index (χ3n) is 5.47. The molecule has 7 heteroatoms. The fourth-order valence-corrected chi connectivity index (χ4v) is 4.21. The SMILES string of the molecule is NC(=NCC(c1ccccc1Cl)N1CCOCC1)NC1CCOc2ccccc21. The van der Waals surface area contributed by atoms with Gasteiger partial charge in [0, 0.05) is 30.1 Å². The highest BCUT2D eigenvalue weighted by Crippen LogP contribution is 2.32. The Labute approximate surface area is 176 Å². The van der Waals surface area contributed by atoms with Crippen LogP contribution in [0.3, 0.4) is 0 Å². The van der Waals surface area contributed by atoms with Gasteiger partial charge in [0.15, 0.2) is 5.96 Å². The maximum atomic E-state index is 6.50. The molecule has 2 heterocycles. The van der Waals surface area contributed by atoms with E-state index in [0.29, 0.717) is 19.1 Å². The number of aliphatic imine (C=N–C) groups is 1. The van der Waals surface area contributed by atoms with E-state index < -0.39 is 0 Å². The van der Waals surface area contributed by atoms with Crippen molar-refractivity contribution in [3.8, 4) is 5.75 Å². The number of halogens is 1. The summed E-state index contributed by atoms with van der Waals surface area (Å²) in [5.74, 6) is 1.35. The van der Waals surface area contributed by atoms with Gasteiger partial charge in [0.25, 0.3) is 0 Å². The van der Waals surface area contributed by atoms with Crippen LogP contribution >= 0.6 is 11.6 Å². The first-order valence-corrected chi connectivity index (χ1v) is 10.4. The second-order valence-corrected chi connectivity index (χ2v) is 7.69. The zero-order chi connectivity index (χ0) is 20.1. The molecule has 0 aromatic heterocycles. The van der Waals surface area contributed by atoms with Crippen molar-refractivity contribution in [2.24, 2.45) is 10.7 Å². The van der Waals surface area contributed by atoms with Gasteiger partial charge in [-0.3, -0.25) is 9.89 Å². The number of fused-ring (bicyclic) bond motifs is 1. The topological polar surface area (TPSA) is 72.1 Å². The zero-order valence-corrected chi connectivity index (χ0v) is 17.1. The van der Waals surface area contributed by atoms with Gasteiger partial charge in [-0.2, -0.15) is 0 Å². The maximum Gasteiger partial charge on any atom is 0.189 e. The van der Waals surface area contributed by atoms with Crippen molar-refractivity contribution < 1.29 is 9.47 Å². The predicted molar refractivity (Wildman–Crippen MR) is 116 cm³/mol. The summed E-state index contributed by atoms with van der Waals surface area (Å²) < 4.78 is 11.2. The minimum absolute atomic E-state index is 0.0647. The van der Waals surface area contributed by atoms with Crippen LogP contribution in [0.5, 0.6) is 5.75 Å². The summed E-state index contributed by atoms with van der Waals surface area (Å²) in [6.07, 6.45) is 0.852. The average Bonchev–Trinajstić information content (AvgIpc) is 2.76. The Morgan fingerprint density at radius 1 is 1.14 bits per heavy atom. The number of ether oxygens (including phenoxy) is 2. The van der Waals surface area contributed by atoms with Crippen LogP contribution in [0.4, 0.5) is 0 Å². The lowest BCUT2D eigenvalue weighted by atomic mass is 10.0. The number of benzene rings is 2. The first-order chi connectivity index (χ1) is 14.2. The molecule has 3 N–H and O–H groups in total. The van der Waals surface area contributed by atoms with E-state index in [1.54, 1.807) is 0 Å². The quantitative estimate of drug-likeness (QED) is 0.581. The Bertz CT molecular complexity index is 854. The fourth-order valence-electron chi connectivity index (χ4n) is 3.95. The molecule has 29 heavy (non-hydrogen) atoms. The van der Waals surface area contributed by atoms with E-state index in [9.17, 15) is 0 Å². The van der Waals surface area contributed by atoms with Gasteiger partial charge in [-0.15, -0.1) is 0 Å². The molecule has 2 atom stereocenters. The molecule has 0 spiro atoms. The summed E-state index contributed by atoms with van der Waals surface area (Å²) in [5.41, 5.74) is 8.47. The highest BCUT2D eigenvalue weighted by molar-refractivity contribution is 6.31. The molecular weight excluding hydrogens is 388 g/mol. The molecule has 4 rings (SSSR count). The molecule has 2 aliphatic rings. The van der Waals surface area contributed by atoms with E-state index in [0.717, 1.165) is 54.6 Å². The Morgan fingerprint density at radius 3 is 2.72 bits per heavy atom. The number of rotatable bonds is 5. The zero-order valence-electron chi connectivity index (χ0n) is 16.4. The molecule has 6 nitrogen and oxygen atoms in total. The highest BCUT2D eigenvalue weighted by Gasteiger charge is 2.25. The second-order valence-electron chi connectivity index (χ2n) is 7.28. The van der Waals surface area contributed by atoms with Crippen molar-refractivity contribution in [3.63, 3.8) is 0 Å². The van der Waals surface area contributed by atoms with E-state index in [2.05, 4.69) is 27.3 Å². The Morgan fingerprint density at radius 2 is 1.90 bits per heavy atom. The van der Waals surface area contributed by atoms with Gasteiger partial charge in [-0.1, -0.05) is 48.0 Å². The van der Waals surface area contributed by atoms with E-state index in [4.69, 9.17) is 26.8 Å². The van der Waals surface area contributed by atoms with Crippen molar-refractivity contribution in [1.82, 2.24) is 10.2 Å². The van der Waals surface area contributed by atoms with Crippen LogP contribution < -0.4 is 15.8 Å². The number of morpholine rings is 1. The van der Waals surface area contributed by atoms with E-state index in [-0.39, 0.29) is 12.1 Å². The van der Waals surface area contributed by atoms with Crippen molar-refractivity contribution in [1.29, 1.82) is 0 Å². The molecule has 1 fully saturated rings. The van der Waals surface area contributed by atoms with Crippen LogP contribution in [0.25, 0.3) is 0 Å². The number of nitrogens with zero attached hydrogens (tertiary/aromatic N) is 2. The molecule has 0 aliphatic carbocycles. The third kappa shape index (κ3) is 4.83. The third-order valence-corrected chi connectivity index (χ3v) is 5.81.